The molecule has 1 aliphatic rings. The molecule has 9 heteroatoms. The summed E-state index contributed by atoms with van der Waals surface area (Å²) in [6.07, 6.45) is -0.839. The van der Waals surface area contributed by atoms with Gasteiger partial charge in [0.2, 0.25) is 11.8 Å². The molecular formula is C28H30N4O4S. The van der Waals surface area contributed by atoms with Crippen LogP contribution in [0.25, 0.3) is 0 Å². The minimum absolute atomic E-state index is 0.0794. The van der Waals surface area contributed by atoms with E-state index in [1.165, 1.54) is 11.8 Å². The number of carbonyl (C=O) groups is 3. The first-order valence-electron chi connectivity index (χ1n) is 12.1. The second kappa shape index (κ2) is 12.9. The molecule has 2 atom stereocenters. The zero-order valence-electron chi connectivity index (χ0n) is 20.6. The lowest BCUT2D eigenvalue weighted by Gasteiger charge is -2.29. The Balaban J connectivity index is 1.24. The van der Waals surface area contributed by atoms with Gasteiger partial charge in [-0.3, -0.25) is 19.9 Å². The molecule has 1 heterocycles. The third-order valence-electron chi connectivity index (χ3n) is 5.92. The predicted molar refractivity (Wildman–Crippen MR) is 144 cm³/mol. The molecule has 8 nitrogen and oxygen atoms in total. The van der Waals surface area contributed by atoms with Gasteiger partial charge in [0.25, 0.3) is 0 Å². The van der Waals surface area contributed by atoms with Crippen molar-refractivity contribution in [1.29, 1.82) is 0 Å². The molecule has 3 N–H and O–H groups in total. The third-order valence-corrected chi connectivity index (χ3v) is 7.19. The number of anilines is 1. The Bertz CT molecular complexity index is 1170. The molecule has 0 bridgehead atoms. The summed E-state index contributed by atoms with van der Waals surface area (Å²) in [5, 5.41) is 2.22. The lowest BCUT2D eigenvalue weighted by molar-refractivity contribution is -0.124. The van der Waals surface area contributed by atoms with E-state index in [0.717, 1.165) is 21.7 Å². The summed E-state index contributed by atoms with van der Waals surface area (Å²) in [6, 6.07) is 27.6. The number of ether oxygens (including phenoxy) is 1. The van der Waals surface area contributed by atoms with Crippen LogP contribution in [0.3, 0.4) is 0 Å². The van der Waals surface area contributed by atoms with E-state index in [-0.39, 0.29) is 25.0 Å². The van der Waals surface area contributed by atoms with Gasteiger partial charge < -0.3 is 10.1 Å². The largest absolute Gasteiger partial charge is 0.447 e. The minimum Gasteiger partial charge on any atom is -0.447 e. The molecule has 37 heavy (non-hydrogen) atoms. The summed E-state index contributed by atoms with van der Waals surface area (Å²) in [4.78, 5) is 40.0. The van der Waals surface area contributed by atoms with Crippen LogP contribution >= 0.6 is 11.8 Å². The van der Waals surface area contributed by atoms with Gasteiger partial charge in [-0.1, -0.05) is 72.8 Å². The maximum Gasteiger partial charge on any atom is 0.426 e. The van der Waals surface area contributed by atoms with E-state index in [1.54, 1.807) is 0 Å². The SMILES string of the molecule is CC(COC(=O)NNC(=O)CC1Sc2ccccc2NC1=O)N(Cc1ccccc1)Cc1ccccc1. The van der Waals surface area contributed by atoms with Crippen molar-refractivity contribution in [2.45, 2.75) is 42.6 Å². The number of rotatable bonds is 9. The maximum absolute atomic E-state index is 12.3. The van der Waals surface area contributed by atoms with E-state index in [2.05, 4.69) is 45.3 Å². The third kappa shape index (κ3) is 7.83. The van der Waals surface area contributed by atoms with Crippen molar-refractivity contribution in [2.75, 3.05) is 11.9 Å². The van der Waals surface area contributed by atoms with Crippen LogP contribution < -0.4 is 16.2 Å². The van der Waals surface area contributed by atoms with Gasteiger partial charge in [-0.2, -0.15) is 0 Å². The van der Waals surface area contributed by atoms with Gasteiger partial charge in [0.05, 0.1) is 10.9 Å². The topological polar surface area (TPSA) is 99.8 Å². The normalized spacial score (nSPS) is 15.3. The Morgan fingerprint density at radius 3 is 2.16 bits per heavy atom. The number of para-hydroxylation sites is 1. The monoisotopic (exact) mass is 518 g/mol. The zero-order chi connectivity index (χ0) is 26.0. The number of thioether (sulfide) groups is 1. The average molecular weight is 519 g/mol. The zero-order valence-corrected chi connectivity index (χ0v) is 21.4. The highest BCUT2D eigenvalue weighted by Gasteiger charge is 2.29. The molecule has 0 aliphatic carbocycles. The first-order chi connectivity index (χ1) is 18.0. The van der Waals surface area contributed by atoms with E-state index in [0.29, 0.717) is 13.1 Å². The number of hydrazine groups is 1. The van der Waals surface area contributed by atoms with Crippen molar-refractivity contribution in [1.82, 2.24) is 15.8 Å². The maximum atomic E-state index is 12.3. The summed E-state index contributed by atoms with van der Waals surface area (Å²) < 4.78 is 5.38. The Hall–Kier alpha value is -3.82. The molecule has 3 aromatic carbocycles. The molecule has 0 radical (unpaired) electrons. The molecule has 0 spiro atoms. The van der Waals surface area contributed by atoms with Crippen LogP contribution in [0.4, 0.5) is 10.5 Å². The van der Waals surface area contributed by atoms with Crippen LogP contribution in [-0.4, -0.2) is 40.7 Å². The Labute approximate surface area is 220 Å². The minimum atomic E-state index is -0.759. The van der Waals surface area contributed by atoms with Crippen molar-refractivity contribution in [3.63, 3.8) is 0 Å². The molecule has 3 amide bonds. The van der Waals surface area contributed by atoms with E-state index in [1.807, 2.05) is 67.6 Å². The first kappa shape index (κ1) is 26.2. The number of amides is 3. The number of benzene rings is 3. The second-order valence-corrected chi connectivity index (χ2v) is 10.0. The number of hydrogen-bond donors (Lipinski definition) is 3. The number of hydrogen-bond acceptors (Lipinski definition) is 6. The van der Waals surface area contributed by atoms with E-state index in [9.17, 15) is 14.4 Å². The van der Waals surface area contributed by atoms with Crippen molar-refractivity contribution in [2.24, 2.45) is 0 Å². The van der Waals surface area contributed by atoms with Gasteiger partial charge in [-0.25, -0.2) is 10.2 Å². The molecule has 0 saturated heterocycles. The van der Waals surface area contributed by atoms with Gasteiger partial charge in [0.1, 0.15) is 6.61 Å². The average Bonchev–Trinajstić information content (AvgIpc) is 2.92. The van der Waals surface area contributed by atoms with Crippen molar-refractivity contribution in [3.8, 4) is 0 Å². The molecule has 0 aromatic heterocycles. The number of fused-ring (bicyclic) bond motifs is 1. The molecule has 192 valence electrons. The highest BCUT2D eigenvalue weighted by atomic mass is 32.2. The summed E-state index contributed by atoms with van der Waals surface area (Å²) in [6.45, 7) is 3.53. The first-order valence-corrected chi connectivity index (χ1v) is 13.0. The fourth-order valence-electron chi connectivity index (χ4n) is 3.91. The van der Waals surface area contributed by atoms with Crippen molar-refractivity contribution < 1.29 is 19.1 Å². The molecule has 0 fully saturated rings. The molecule has 4 rings (SSSR count). The van der Waals surface area contributed by atoms with Crippen molar-refractivity contribution in [3.05, 3.63) is 96.1 Å². The standard InChI is InChI=1S/C28H30N4O4S/c1-20(32(17-21-10-4-2-5-11-21)18-22-12-6-3-7-13-22)19-36-28(35)31-30-26(33)16-25-27(34)29-23-14-8-9-15-24(23)37-25/h2-15,20,25H,16-19H2,1H3,(H,29,34)(H,30,33)(H,31,35). The van der Waals surface area contributed by atoms with Crippen LogP contribution in [-0.2, 0) is 27.4 Å². The summed E-state index contributed by atoms with van der Waals surface area (Å²) >= 11 is 1.32. The quantitative estimate of drug-likeness (QED) is 0.365. The van der Waals surface area contributed by atoms with Gasteiger partial charge in [-0.05, 0) is 30.2 Å². The highest BCUT2D eigenvalue weighted by Crippen LogP contribution is 2.36. The predicted octanol–water partition coefficient (Wildman–Crippen LogP) is 4.34. The van der Waals surface area contributed by atoms with E-state index in [4.69, 9.17) is 4.74 Å². The Morgan fingerprint density at radius 1 is 0.919 bits per heavy atom. The summed E-state index contributed by atoms with van der Waals surface area (Å²) in [5.41, 5.74) is 7.67. The van der Waals surface area contributed by atoms with Gasteiger partial charge in [0, 0.05) is 30.4 Å². The summed E-state index contributed by atoms with van der Waals surface area (Å²) in [5.74, 6) is -0.723. The van der Waals surface area contributed by atoms with Gasteiger partial charge >= 0.3 is 6.09 Å². The van der Waals surface area contributed by atoms with Crippen LogP contribution in [0.5, 0.6) is 0 Å². The fraction of sp³-hybridized carbons (Fsp3) is 0.250. The lowest BCUT2D eigenvalue weighted by Crippen LogP contribution is -2.45. The molecule has 1 aliphatic heterocycles. The molecule has 0 saturated carbocycles. The van der Waals surface area contributed by atoms with E-state index < -0.39 is 17.3 Å². The van der Waals surface area contributed by atoms with Crippen LogP contribution in [0.1, 0.15) is 24.5 Å². The Kier molecular flexibility index (Phi) is 9.18. The molecular weight excluding hydrogens is 488 g/mol. The van der Waals surface area contributed by atoms with Crippen molar-refractivity contribution >= 4 is 35.4 Å². The number of nitrogens with one attached hydrogen (secondary N) is 3. The van der Waals surface area contributed by atoms with Crippen LogP contribution in [0.2, 0.25) is 0 Å². The number of carbonyl (C=O) groups excluding carboxylic acids is 3. The lowest BCUT2D eigenvalue weighted by atomic mass is 10.1. The summed E-state index contributed by atoms with van der Waals surface area (Å²) in [7, 11) is 0. The van der Waals surface area contributed by atoms with Crippen LogP contribution in [0, 0.1) is 0 Å². The highest BCUT2D eigenvalue weighted by molar-refractivity contribution is 8.01. The molecule has 3 aromatic rings. The fourth-order valence-corrected chi connectivity index (χ4v) is 5.02. The van der Waals surface area contributed by atoms with Crippen LogP contribution in [0.15, 0.2) is 89.8 Å². The molecule has 2 unspecified atom stereocenters. The smallest absolute Gasteiger partial charge is 0.426 e. The van der Waals surface area contributed by atoms with Gasteiger partial charge in [0.15, 0.2) is 0 Å². The van der Waals surface area contributed by atoms with E-state index >= 15 is 0 Å². The van der Waals surface area contributed by atoms with Gasteiger partial charge in [-0.15, -0.1) is 11.8 Å². The number of nitrogens with zero attached hydrogens (tertiary/aromatic N) is 1. The Morgan fingerprint density at radius 2 is 1.51 bits per heavy atom. The second-order valence-electron chi connectivity index (χ2n) is 8.79.